The number of fused-ring (bicyclic) bond motifs is 1. The second-order valence-electron chi connectivity index (χ2n) is 9.18. The maximum atomic E-state index is 13.5. The molecule has 0 spiro atoms. The maximum absolute atomic E-state index is 13.5. The molecule has 1 aliphatic carbocycles. The number of amides is 1. The van der Waals surface area contributed by atoms with Gasteiger partial charge in [-0.05, 0) is 53.9 Å². The van der Waals surface area contributed by atoms with Crippen LogP contribution in [0.1, 0.15) is 34.9 Å². The molecule has 1 amide bonds. The van der Waals surface area contributed by atoms with Gasteiger partial charge in [-0.25, -0.2) is 13.1 Å². The lowest BCUT2D eigenvalue weighted by Gasteiger charge is -2.34. The molecule has 178 valence electrons. The average molecular weight is 487 g/mol. The maximum Gasteiger partial charge on any atom is 0.272 e. The molecule has 4 aromatic rings. The molecular formula is C27H26N4O3S. The van der Waals surface area contributed by atoms with Crippen LogP contribution in [0.5, 0.6) is 0 Å². The number of aromatic nitrogens is 2. The van der Waals surface area contributed by atoms with Crippen molar-refractivity contribution >= 4 is 26.7 Å². The third kappa shape index (κ3) is 4.13. The molecule has 2 heterocycles. The number of carbonyl (C=O) groups is 1. The van der Waals surface area contributed by atoms with Gasteiger partial charge in [0.25, 0.3) is 5.91 Å². The summed E-state index contributed by atoms with van der Waals surface area (Å²) in [7, 11) is -3.64. The first-order valence-corrected chi connectivity index (χ1v) is 13.4. The highest BCUT2D eigenvalue weighted by molar-refractivity contribution is 7.89. The van der Waals surface area contributed by atoms with Crippen molar-refractivity contribution in [3.63, 3.8) is 0 Å². The van der Waals surface area contributed by atoms with Gasteiger partial charge in [0.15, 0.2) is 0 Å². The van der Waals surface area contributed by atoms with Crippen molar-refractivity contribution in [3.05, 3.63) is 90.3 Å². The molecule has 1 saturated carbocycles. The van der Waals surface area contributed by atoms with E-state index >= 15 is 0 Å². The second kappa shape index (κ2) is 8.62. The predicted molar refractivity (Wildman–Crippen MR) is 134 cm³/mol. The summed E-state index contributed by atoms with van der Waals surface area (Å²) in [6.07, 6.45) is 2.20. The van der Waals surface area contributed by atoms with E-state index in [0.717, 1.165) is 35.0 Å². The van der Waals surface area contributed by atoms with Crippen molar-refractivity contribution in [2.45, 2.75) is 23.7 Å². The van der Waals surface area contributed by atoms with Gasteiger partial charge in [-0.1, -0.05) is 48.5 Å². The standard InChI is InChI=1S/C27H26N4O3S/c32-27(26-19-25(21-10-11-21)28-31(26)23-8-2-1-3-9-23)29-14-16-30(17-15-29)35(33,34)24-13-12-20-6-4-5-7-22(20)18-24/h1-9,12-13,18-19,21H,10-11,14-17H2. The molecule has 2 fully saturated rings. The van der Waals surface area contributed by atoms with Gasteiger partial charge in [-0.2, -0.15) is 9.40 Å². The fraction of sp³-hybridized carbons (Fsp3) is 0.259. The molecular weight excluding hydrogens is 460 g/mol. The third-order valence-corrected chi connectivity index (χ3v) is 8.72. The van der Waals surface area contributed by atoms with Crippen LogP contribution >= 0.6 is 0 Å². The monoisotopic (exact) mass is 486 g/mol. The Bertz CT molecular complexity index is 1500. The van der Waals surface area contributed by atoms with Crippen LogP contribution in [0.25, 0.3) is 16.5 Å². The van der Waals surface area contributed by atoms with E-state index in [4.69, 9.17) is 5.10 Å². The molecule has 35 heavy (non-hydrogen) atoms. The summed E-state index contributed by atoms with van der Waals surface area (Å²) in [5.74, 6) is 0.312. The van der Waals surface area contributed by atoms with Crippen molar-refractivity contribution in [1.82, 2.24) is 19.0 Å². The Labute approximate surface area is 204 Å². The molecule has 0 atom stereocenters. The Morgan fingerprint density at radius 2 is 1.49 bits per heavy atom. The van der Waals surface area contributed by atoms with E-state index < -0.39 is 10.0 Å². The van der Waals surface area contributed by atoms with Gasteiger partial charge in [0.2, 0.25) is 10.0 Å². The van der Waals surface area contributed by atoms with Crippen LogP contribution in [0, 0.1) is 0 Å². The van der Waals surface area contributed by atoms with Crippen LogP contribution in [0.15, 0.2) is 83.8 Å². The molecule has 0 N–H and O–H groups in total. The molecule has 0 bridgehead atoms. The van der Waals surface area contributed by atoms with Gasteiger partial charge in [-0.3, -0.25) is 4.79 Å². The van der Waals surface area contributed by atoms with Crippen molar-refractivity contribution in [2.75, 3.05) is 26.2 Å². The highest BCUT2D eigenvalue weighted by Gasteiger charge is 2.33. The van der Waals surface area contributed by atoms with Crippen molar-refractivity contribution in [1.29, 1.82) is 0 Å². The molecule has 0 radical (unpaired) electrons. The summed E-state index contributed by atoms with van der Waals surface area (Å²) in [5.41, 5.74) is 2.33. The fourth-order valence-corrected chi connectivity index (χ4v) is 6.12. The zero-order chi connectivity index (χ0) is 24.0. The van der Waals surface area contributed by atoms with Crippen LogP contribution < -0.4 is 0 Å². The Kier molecular flexibility index (Phi) is 5.42. The Hall–Kier alpha value is -3.49. The Morgan fingerprint density at radius 3 is 2.20 bits per heavy atom. The van der Waals surface area contributed by atoms with Gasteiger partial charge in [0.05, 0.1) is 16.3 Å². The smallest absolute Gasteiger partial charge is 0.272 e. The number of nitrogens with zero attached hydrogens (tertiary/aromatic N) is 4. The van der Waals surface area contributed by atoms with Crippen LogP contribution in [-0.4, -0.2) is 59.5 Å². The van der Waals surface area contributed by atoms with E-state index in [9.17, 15) is 13.2 Å². The molecule has 1 aliphatic heterocycles. The zero-order valence-electron chi connectivity index (χ0n) is 19.2. The van der Waals surface area contributed by atoms with Crippen LogP contribution in [0.4, 0.5) is 0 Å². The topological polar surface area (TPSA) is 75.5 Å². The summed E-state index contributed by atoms with van der Waals surface area (Å²) in [6, 6.07) is 24.5. The number of benzene rings is 3. The minimum absolute atomic E-state index is 0.115. The van der Waals surface area contributed by atoms with Gasteiger partial charge < -0.3 is 4.90 Å². The minimum atomic E-state index is -3.64. The first-order valence-electron chi connectivity index (χ1n) is 11.9. The highest BCUT2D eigenvalue weighted by Crippen LogP contribution is 2.40. The molecule has 7 nitrogen and oxygen atoms in total. The zero-order valence-corrected chi connectivity index (χ0v) is 20.1. The molecule has 0 unspecified atom stereocenters. The summed E-state index contributed by atoms with van der Waals surface area (Å²) in [4.78, 5) is 15.5. The van der Waals surface area contributed by atoms with Crippen molar-refractivity contribution in [2.24, 2.45) is 0 Å². The summed E-state index contributed by atoms with van der Waals surface area (Å²) in [6.45, 7) is 1.19. The van der Waals surface area contributed by atoms with E-state index in [1.807, 2.05) is 66.7 Å². The molecule has 6 rings (SSSR count). The molecule has 2 aliphatic rings. The number of sulfonamides is 1. The molecule has 3 aromatic carbocycles. The van der Waals surface area contributed by atoms with Gasteiger partial charge >= 0.3 is 0 Å². The lowest BCUT2D eigenvalue weighted by molar-refractivity contribution is 0.0688. The SMILES string of the molecule is O=C(c1cc(C2CC2)nn1-c1ccccc1)N1CCN(S(=O)(=O)c2ccc3ccccc3c2)CC1. The van der Waals surface area contributed by atoms with Crippen molar-refractivity contribution < 1.29 is 13.2 Å². The molecule has 1 aromatic heterocycles. The average Bonchev–Trinajstić information content (AvgIpc) is 3.66. The van der Waals surface area contributed by atoms with Crippen LogP contribution in [0.3, 0.4) is 0 Å². The van der Waals surface area contributed by atoms with E-state index in [1.165, 1.54) is 4.31 Å². The second-order valence-corrected chi connectivity index (χ2v) is 11.1. The van der Waals surface area contributed by atoms with Gasteiger partial charge in [-0.15, -0.1) is 0 Å². The largest absolute Gasteiger partial charge is 0.335 e. The summed E-state index contributed by atoms with van der Waals surface area (Å²) in [5, 5.41) is 6.63. The number of hydrogen-bond acceptors (Lipinski definition) is 4. The first-order chi connectivity index (χ1) is 17.0. The Morgan fingerprint density at radius 1 is 0.800 bits per heavy atom. The fourth-order valence-electron chi connectivity index (χ4n) is 4.67. The molecule has 8 heteroatoms. The number of rotatable bonds is 5. The lowest BCUT2D eigenvalue weighted by Crippen LogP contribution is -2.50. The van der Waals surface area contributed by atoms with Gasteiger partial charge in [0.1, 0.15) is 5.69 Å². The number of piperazine rings is 1. The first kappa shape index (κ1) is 22.0. The van der Waals surface area contributed by atoms with Crippen LogP contribution in [-0.2, 0) is 10.0 Å². The third-order valence-electron chi connectivity index (χ3n) is 6.83. The summed E-state index contributed by atoms with van der Waals surface area (Å²) < 4.78 is 29.8. The lowest BCUT2D eigenvalue weighted by atomic mass is 10.1. The number of carbonyl (C=O) groups excluding carboxylic acids is 1. The van der Waals surface area contributed by atoms with E-state index in [1.54, 1.807) is 21.7 Å². The predicted octanol–water partition coefficient (Wildman–Crippen LogP) is 4.05. The minimum Gasteiger partial charge on any atom is -0.335 e. The number of para-hydroxylation sites is 1. The van der Waals surface area contributed by atoms with E-state index in [-0.39, 0.29) is 23.9 Å². The van der Waals surface area contributed by atoms with Crippen LogP contribution in [0.2, 0.25) is 0 Å². The highest BCUT2D eigenvalue weighted by atomic mass is 32.2. The summed E-state index contributed by atoms with van der Waals surface area (Å²) >= 11 is 0. The van der Waals surface area contributed by atoms with Gasteiger partial charge in [0, 0.05) is 32.1 Å². The molecule has 1 saturated heterocycles. The normalized spacial score (nSPS) is 17.1. The van der Waals surface area contributed by atoms with E-state index in [2.05, 4.69) is 0 Å². The quantitative estimate of drug-likeness (QED) is 0.427. The Balaban J connectivity index is 1.21. The number of hydrogen-bond donors (Lipinski definition) is 0. The van der Waals surface area contributed by atoms with E-state index in [0.29, 0.717) is 24.7 Å². The van der Waals surface area contributed by atoms with Crippen molar-refractivity contribution in [3.8, 4) is 5.69 Å².